The largest absolute Gasteiger partial charge is 0.398 e. The third-order valence-corrected chi connectivity index (χ3v) is 10.7. The van der Waals surface area contributed by atoms with Gasteiger partial charge in [0.1, 0.15) is 0 Å². The van der Waals surface area contributed by atoms with Gasteiger partial charge in [0.05, 0.1) is 5.41 Å². The van der Waals surface area contributed by atoms with Crippen LogP contribution in [0.3, 0.4) is 0 Å². The number of nitrogens with one attached hydrogen (secondary N) is 1. The number of rotatable bonds is 7. The lowest BCUT2D eigenvalue weighted by Crippen LogP contribution is -2.25. The number of benzene rings is 7. The highest BCUT2D eigenvalue weighted by Crippen LogP contribution is 2.63. The maximum absolute atomic E-state index is 6.89. The van der Waals surface area contributed by atoms with Crippen molar-refractivity contribution < 1.29 is 0 Å². The van der Waals surface area contributed by atoms with Gasteiger partial charge in [-0.15, -0.1) is 0 Å². The summed E-state index contributed by atoms with van der Waals surface area (Å²) < 4.78 is 0. The Morgan fingerprint density at radius 3 is 1.76 bits per heavy atom. The van der Waals surface area contributed by atoms with E-state index in [2.05, 4.69) is 181 Å². The van der Waals surface area contributed by atoms with Gasteiger partial charge >= 0.3 is 0 Å². The summed E-state index contributed by atoms with van der Waals surface area (Å²) >= 11 is 0. The van der Waals surface area contributed by atoms with E-state index < -0.39 is 5.41 Å². The lowest BCUT2D eigenvalue weighted by Gasteiger charge is -2.30. The minimum absolute atomic E-state index is 0.397. The van der Waals surface area contributed by atoms with Gasteiger partial charge in [-0.25, -0.2) is 0 Å². The Balaban J connectivity index is 1.16. The summed E-state index contributed by atoms with van der Waals surface area (Å²) in [5.74, 6) is 0. The summed E-state index contributed by atoms with van der Waals surface area (Å²) in [4.78, 5) is 0. The molecule has 2 aliphatic rings. The van der Waals surface area contributed by atoms with E-state index in [-0.39, 0.29) is 0 Å². The van der Waals surface area contributed by atoms with Crippen molar-refractivity contribution in [1.29, 1.82) is 0 Å². The molecular formula is C49H38N2. The first-order valence-electron chi connectivity index (χ1n) is 17.7. The van der Waals surface area contributed by atoms with Crippen LogP contribution in [0.4, 0.5) is 11.4 Å². The van der Waals surface area contributed by atoms with Crippen molar-refractivity contribution in [2.24, 2.45) is 0 Å². The maximum Gasteiger partial charge on any atom is 0.0726 e. The van der Waals surface area contributed by atoms with Crippen molar-refractivity contribution >= 4 is 23.1 Å². The standard InChI is InChI=1S/C49H38N2/c1-2-13-36-16-12-20-42(48(36)50)47(31-26-33-24-27-35(28-25-33)34-14-4-3-5-15-34)51-37-29-30-41-40-19-8-11-23-45(40)49(46(41)32-37)43-21-9-6-17-38(43)39-18-7-10-22-44(39)49/h2-25,27-32,51H,26,50H2,1H3/b13-2-,47-31-. The normalized spacial score (nSPS) is 13.5. The fourth-order valence-electron chi connectivity index (χ4n) is 8.38. The van der Waals surface area contributed by atoms with Crippen molar-refractivity contribution in [3.63, 3.8) is 0 Å². The summed E-state index contributed by atoms with van der Waals surface area (Å²) in [5, 5.41) is 3.88. The second-order valence-corrected chi connectivity index (χ2v) is 13.5. The Bertz CT molecular complexity index is 2420. The van der Waals surface area contributed by atoms with Gasteiger partial charge in [0.2, 0.25) is 0 Å². The van der Waals surface area contributed by atoms with E-state index in [9.17, 15) is 0 Å². The zero-order valence-corrected chi connectivity index (χ0v) is 28.6. The van der Waals surface area contributed by atoms with Crippen LogP contribution in [0.1, 0.15) is 45.9 Å². The monoisotopic (exact) mass is 654 g/mol. The Hall–Kier alpha value is -6.38. The smallest absolute Gasteiger partial charge is 0.0726 e. The summed E-state index contributed by atoms with van der Waals surface area (Å²) in [6.07, 6.45) is 7.14. The van der Waals surface area contributed by atoms with Crippen LogP contribution in [0, 0.1) is 0 Å². The molecule has 51 heavy (non-hydrogen) atoms. The van der Waals surface area contributed by atoms with Gasteiger partial charge in [0, 0.05) is 22.6 Å². The van der Waals surface area contributed by atoms with Crippen LogP contribution in [0.5, 0.6) is 0 Å². The molecule has 0 unspecified atom stereocenters. The molecule has 3 N–H and O–H groups in total. The highest BCUT2D eigenvalue weighted by Gasteiger charge is 2.51. The third kappa shape index (κ3) is 4.94. The maximum atomic E-state index is 6.89. The highest BCUT2D eigenvalue weighted by molar-refractivity contribution is 5.96. The number of fused-ring (bicyclic) bond motifs is 10. The van der Waals surface area contributed by atoms with Crippen LogP contribution in [0.25, 0.3) is 45.2 Å². The Morgan fingerprint density at radius 1 is 0.569 bits per heavy atom. The summed E-state index contributed by atoms with van der Waals surface area (Å²) in [6.45, 7) is 2.03. The number of allylic oxidation sites excluding steroid dienone is 2. The van der Waals surface area contributed by atoms with Gasteiger partial charge < -0.3 is 11.1 Å². The van der Waals surface area contributed by atoms with Crippen molar-refractivity contribution in [3.8, 4) is 33.4 Å². The van der Waals surface area contributed by atoms with Crippen LogP contribution < -0.4 is 11.1 Å². The van der Waals surface area contributed by atoms with E-state index >= 15 is 0 Å². The van der Waals surface area contributed by atoms with E-state index in [0.29, 0.717) is 0 Å². The molecule has 0 atom stereocenters. The quantitative estimate of drug-likeness (QED) is 0.168. The molecule has 0 aromatic heterocycles. The molecule has 0 aliphatic heterocycles. The molecular weight excluding hydrogens is 617 g/mol. The average molecular weight is 655 g/mol. The Morgan fingerprint density at radius 2 is 1.14 bits per heavy atom. The van der Waals surface area contributed by atoms with Crippen molar-refractivity contribution in [2.75, 3.05) is 11.1 Å². The van der Waals surface area contributed by atoms with E-state index in [1.54, 1.807) is 0 Å². The second-order valence-electron chi connectivity index (χ2n) is 13.5. The van der Waals surface area contributed by atoms with E-state index in [0.717, 1.165) is 34.6 Å². The minimum atomic E-state index is -0.397. The molecule has 0 radical (unpaired) electrons. The molecule has 7 aromatic carbocycles. The summed E-state index contributed by atoms with van der Waals surface area (Å²) in [5.41, 5.74) is 25.5. The second kappa shape index (κ2) is 12.5. The van der Waals surface area contributed by atoms with Crippen molar-refractivity contribution in [1.82, 2.24) is 0 Å². The van der Waals surface area contributed by atoms with Crippen LogP contribution in [-0.4, -0.2) is 0 Å². The number of anilines is 2. The summed E-state index contributed by atoms with van der Waals surface area (Å²) in [6, 6.07) is 59.4. The zero-order valence-electron chi connectivity index (χ0n) is 28.6. The first-order chi connectivity index (χ1) is 25.2. The molecule has 0 amide bonds. The molecule has 2 nitrogen and oxygen atoms in total. The molecule has 244 valence electrons. The van der Waals surface area contributed by atoms with E-state index in [1.807, 2.05) is 13.0 Å². The molecule has 9 rings (SSSR count). The molecule has 7 aromatic rings. The highest BCUT2D eigenvalue weighted by atomic mass is 14.9. The number of hydrogen-bond donors (Lipinski definition) is 2. The van der Waals surface area contributed by atoms with Gasteiger partial charge in [-0.1, -0.05) is 170 Å². The first-order valence-corrected chi connectivity index (χ1v) is 17.7. The molecule has 0 saturated carbocycles. The van der Waals surface area contributed by atoms with Crippen LogP contribution in [0.2, 0.25) is 0 Å². The number of nitrogens with two attached hydrogens (primary N) is 1. The predicted octanol–water partition coefficient (Wildman–Crippen LogP) is 12.0. The molecule has 1 spiro atoms. The molecule has 2 aliphatic carbocycles. The lowest BCUT2D eigenvalue weighted by molar-refractivity contribution is 0.794. The third-order valence-electron chi connectivity index (χ3n) is 10.7. The molecule has 0 bridgehead atoms. The van der Waals surface area contributed by atoms with Crippen molar-refractivity contribution in [3.05, 3.63) is 215 Å². The first kappa shape index (κ1) is 30.7. The Labute approximate surface area is 300 Å². The fourth-order valence-corrected chi connectivity index (χ4v) is 8.38. The fraction of sp³-hybridized carbons (Fsp3) is 0.0612. The average Bonchev–Trinajstić information content (AvgIpc) is 3.65. The number of hydrogen-bond acceptors (Lipinski definition) is 2. The SMILES string of the molecule is C/C=C\c1cccc(/C(=C/Cc2ccc(-c3ccccc3)cc2)Nc2ccc3c(c2)C2(c4ccccc4-c4ccccc42)c2ccccc2-3)c1N. The predicted molar refractivity (Wildman–Crippen MR) is 215 cm³/mol. The van der Waals surface area contributed by atoms with Gasteiger partial charge in [-0.05, 0) is 92.2 Å². The molecule has 0 heterocycles. The topological polar surface area (TPSA) is 38.0 Å². The molecule has 2 heteroatoms. The minimum Gasteiger partial charge on any atom is -0.398 e. The number of nitrogen functional groups attached to an aromatic ring is 1. The molecule has 0 fully saturated rings. The Kier molecular flexibility index (Phi) is 7.51. The van der Waals surface area contributed by atoms with Gasteiger partial charge in [0.25, 0.3) is 0 Å². The summed E-state index contributed by atoms with van der Waals surface area (Å²) in [7, 11) is 0. The van der Waals surface area contributed by atoms with Gasteiger partial charge in [-0.3, -0.25) is 0 Å². The van der Waals surface area contributed by atoms with Crippen LogP contribution >= 0.6 is 0 Å². The van der Waals surface area contributed by atoms with Crippen molar-refractivity contribution in [2.45, 2.75) is 18.8 Å². The van der Waals surface area contributed by atoms with Crippen LogP contribution in [-0.2, 0) is 11.8 Å². The van der Waals surface area contributed by atoms with E-state index in [4.69, 9.17) is 5.73 Å². The zero-order chi connectivity index (χ0) is 34.4. The van der Waals surface area contributed by atoms with E-state index in [1.165, 1.54) is 61.2 Å². The van der Waals surface area contributed by atoms with Crippen LogP contribution in [0.15, 0.2) is 176 Å². The lowest BCUT2D eigenvalue weighted by atomic mass is 9.70. The number of para-hydroxylation sites is 1. The molecule has 0 saturated heterocycles. The van der Waals surface area contributed by atoms with Gasteiger partial charge in [0.15, 0.2) is 0 Å². The van der Waals surface area contributed by atoms with Gasteiger partial charge in [-0.2, -0.15) is 0 Å².